The number of carbonyl (C=O) groups is 1. The molecule has 1 unspecified atom stereocenters. The highest BCUT2D eigenvalue weighted by Crippen LogP contribution is 2.26. The zero-order valence-electron chi connectivity index (χ0n) is 13.4. The van der Waals surface area contributed by atoms with Crippen molar-refractivity contribution in [3.05, 3.63) is 0 Å². The molecule has 0 aromatic rings. The summed E-state index contributed by atoms with van der Waals surface area (Å²) >= 11 is 0. The minimum Gasteiger partial charge on any atom is -0.303 e. The summed E-state index contributed by atoms with van der Waals surface area (Å²) in [5, 5.41) is 0. The molecule has 0 aromatic carbocycles. The average Bonchev–Trinajstić information content (AvgIpc) is 2.94. The Morgan fingerprint density at radius 1 is 1.10 bits per heavy atom. The van der Waals surface area contributed by atoms with Crippen LogP contribution >= 0.6 is 0 Å². The molecule has 0 N–H and O–H groups in total. The molecule has 2 rings (SSSR count). The van der Waals surface area contributed by atoms with Crippen LogP contribution in [0.5, 0.6) is 0 Å². The van der Waals surface area contributed by atoms with Crippen molar-refractivity contribution in [3.8, 4) is 0 Å². The maximum absolute atomic E-state index is 11.4. The van der Waals surface area contributed by atoms with Crippen molar-refractivity contribution in [2.24, 2.45) is 11.3 Å². The molecule has 3 nitrogen and oxygen atoms in total. The molecule has 0 radical (unpaired) electrons. The van der Waals surface area contributed by atoms with E-state index >= 15 is 0 Å². The lowest BCUT2D eigenvalue weighted by atomic mass is 9.85. The topological polar surface area (TPSA) is 23.6 Å². The summed E-state index contributed by atoms with van der Waals surface area (Å²) in [5.74, 6) is 0.887. The molecule has 2 fully saturated rings. The van der Waals surface area contributed by atoms with Crippen LogP contribution < -0.4 is 0 Å². The zero-order valence-corrected chi connectivity index (χ0v) is 13.4. The van der Waals surface area contributed by atoms with Gasteiger partial charge in [0.2, 0.25) is 0 Å². The second-order valence-corrected chi connectivity index (χ2v) is 7.25. The molecule has 0 bridgehead atoms. The quantitative estimate of drug-likeness (QED) is 0.670. The molecule has 1 atom stereocenters. The maximum atomic E-state index is 11.4. The Kier molecular flexibility index (Phi) is 6.03. The summed E-state index contributed by atoms with van der Waals surface area (Å²) < 4.78 is 0. The highest BCUT2D eigenvalue weighted by Gasteiger charge is 2.29. The fourth-order valence-electron chi connectivity index (χ4n) is 3.91. The van der Waals surface area contributed by atoms with Gasteiger partial charge in [0.05, 0.1) is 0 Å². The molecule has 20 heavy (non-hydrogen) atoms. The van der Waals surface area contributed by atoms with Gasteiger partial charge in [0.15, 0.2) is 0 Å². The number of hydrogen-bond acceptors (Lipinski definition) is 3. The first-order chi connectivity index (χ1) is 9.65. The molecule has 2 aliphatic heterocycles. The van der Waals surface area contributed by atoms with Gasteiger partial charge in [-0.3, -0.25) is 0 Å². The van der Waals surface area contributed by atoms with Crippen molar-refractivity contribution in [2.45, 2.75) is 52.4 Å². The van der Waals surface area contributed by atoms with Crippen LogP contribution in [-0.2, 0) is 4.79 Å². The molecule has 2 heterocycles. The third kappa shape index (κ3) is 4.56. The summed E-state index contributed by atoms with van der Waals surface area (Å²) in [6.07, 6.45) is 8.73. The van der Waals surface area contributed by atoms with Gasteiger partial charge in [-0.25, -0.2) is 0 Å². The van der Waals surface area contributed by atoms with E-state index in [9.17, 15) is 4.79 Å². The van der Waals surface area contributed by atoms with E-state index < -0.39 is 0 Å². The van der Waals surface area contributed by atoms with E-state index in [1.54, 1.807) is 0 Å². The number of piperidine rings is 1. The smallest absolute Gasteiger partial charge is 0.127 e. The Bertz CT molecular complexity index is 293. The fraction of sp³-hybridized carbons (Fsp3) is 0.941. The molecule has 0 amide bonds. The summed E-state index contributed by atoms with van der Waals surface area (Å²) in [4.78, 5) is 16.5. The third-order valence-electron chi connectivity index (χ3n) is 5.11. The Labute approximate surface area is 124 Å². The van der Waals surface area contributed by atoms with Crippen molar-refractivity contribution < 1.29 is 4.79 Å². The number of aldehydes is 1. The molecule has 2 aliphatic rings. The van der Waals surface area contributed by atoms with E-state index in [1.807, 2.05) is 0 Å². The van der Waals surface area contributed by atoms with Crippen LogP contribution in [0.15, 0.2) is 0 Å². The second kappa shape index (κ2) is 7.56. The zero-order chi connectivity index (χ0) is 14.4. The maximum Gasteiger partial charge on any atom is 0.127 e. The van der Waals surface area contributed by atoms with Gasteiger partial charge in [-0.1, -0.05) is 20.3 Å². The lowest BCUT2D eigenvalue weighted by molar-refractivity contribution is -0.117. The number of nitrogens with zero attached hydrogens (tertiary/aromatic N) is 2. The molecule has 2 saturated heterocycles. The van der Waals surface area contributed by atoms with Crippen molar-refractivity contribution in [2.75, 3.05) is 39.3 Å². The van der Waals surface area contributed by atoms with Crippen LogP contribution in [-0.4, -0.2) is 55.4 Å². The Morgan fingerprint density at radius 2 is 1.75 bits per heavy atom. The van der Waals surface area contributed by atoms with E-state index in [0.717, 1.165) is 25.3 Å². The lowest BCUT2D eigenvalue weighted by Gasteiger charge is -2.37. The largest absolute Gasteiger partial charge is 0.303 e. The first-order valence-corrected chi connectivity index (χ1v) is 8.56. The average molecular weight is 280 g/mol. The van der Waals surface area contributed by atoms with Gasteiger partial charge >= 0.3 is 0 Å². The summed E-state index contributed by atoms with van der Waals surface area (Å²) in [6.45, 7) is 11.6. The number of carbonyl (C=O) groups excluding carboxylic acids is 1. The van der Waals surface area contributed by atoms with E-state index in [4.69, 9.17) is 0 Å². The summed E-state index contributed by atoms with van der Waals surface area (Å²) in [5.41, 5.74) is -0.128. The van der Waals surface area contributed by atoms with E-state index in [1.165, 1.54) is 64.7 Å². The first-order valence-electron chi connectivity index (χ1n) is 8.56. The number of likely N-dealkylation sites (tertiary alicyclic amines) is 2. The Hall–Kier alpha value is -0.410. The van der Waals surface area contributed by atoms with Gasteiger partial charge in [0.25, 0.3) is 0 Å². The predicted molar refractivity (Wildman–Crippen MR) is 83.9 cm³/mol. The highest BCUT2D eigenvalue weighted by atomic mass is 16.1. The monoisotopic (exact) mass is 280 g/mol. The van der Waals surface area contributed by atoms with Crippen LogP contribution in [0.3, 0.4) is 0 Å². The van der Waals surface area contributed by atoms with Crippen LogP contribution in [0, 0.1) is 11.3 Å². The standard InChI is InChI=1S/C17H32N2O/c1-3-8-17(2,15-20)14-19-11-6-16(7-12-19)13-18-9-4-5-10-18/h15-16H,3-14H2,1-2H3. The van der Waals surface area contributed by atoms with Crippen molar-refractivity contribution >= 4 is 6.29 Å². The molecule has 3 heteroatoms. The van der Waals surface area contributed by atoms with E-state index in [-0.39, 0.29) is 5.41 Å². The molecular weight excluding hydrogens is 248 g/mol. The van der Waals surface area contributed by atoms with Crippen molar-refractivity contribution in [1.29, 1.82) is 0 Å². The van der Waals surface area contributed by atoms with Crippen molar-refractivity contribution in [1.82, 2.24) is 9.80 Å². The molecular formula is C17H32N2O. The summed E-state index contributed by atoms with van der Waals surface area (Å²) in [6, 6.07) is 0. The first kappa shape index (κ1) is 16.0. The van der Waals surface area contributed by atoms with Crippen LogP contribution in [0.4, 0.5) is 0 Å². The third-order valence-corrected chi connectivity index (χ3v) is 5.11. The van der Waals surface area contributed by atoms with E-state index in [2.05, 4.69) is 23.6 Å². The highest BCUT2D eigenvalue weighted by molar-refractivity contribution is 5.59. The Morgan fingerprint density at radius 3 is 2.30 bits per heavy atom. The minimum atomic E-state index is -0.128. The second-order valence-electron chi connectivity index (χ2n) is 7.25. The van der Waals surface area contributed by atoms with Gasteiger partial charge in [-0.05, 0) is 64.2 Å². The minimum absolute atomic E-state index is 0.128. The number of hydrogen-bond donors (Lipinski definition) is 0. The van der Waals surface area contributed by atoms with Crippen LogP contribution in [0.25, 0.3) is 0 Å². The normalized spacial score (nSPS) is 25.7. The molecule has 0 aliphatic carbocycles. The number of rotatable bonds is 7. The Balaban J connectivity index is 1.71. The van der Waals surface area contributed by atoms with Gasteiger partial charge in [-0.15, -0.1) is 0 Å². The fourth-order valence-corrected chi connectivity index (χ4v) is 3.91. The summed E-state index contributed by atoms with van der Waals surface area (Å²) in [7, 11) is 0. The molecule has 0 aromatic heterocycles. The van der Waals surface area contributed by atoms with Gasteiger partial charge in [-0.2, -0.15) is 0 Å². The van der Waals surface area contributed by atoms with Crippen LogP contribution in [0.1, 0.15) is 52.4 Å². The van der Waals surface area contributed by atoms with Crippen molar-refractivity contribution in [3.63, 3.8) is 0 Å². The van der Waals surface area contributed by atoms with E-state index in [0.29, 0.717) is 0 Å². The SMILES string of the molecule is CCCC(C)(C=O)CN1CCC(CN2CCCC2)CC1. The van der Waals surface area contributed by atoms with Gasteiger partial charge < -0.3 is 14.6 Å². The molecule has 0 spiro atoms. The van der Waals surface area contributed by atoms with Crippen LogP contribution in [0.2, 0.25) is 0 Å². The lowest BCUT2D eigenvalue weighted by Crippen LogP contribution is -2.43. The van der Waals surface area contributed by atoms with Gasteiger partial charge in [0, 0.05) is 18.5 Å². The van der Waals surface area contributed by atoms with Gasteiger partial charge in [0.1, 0.15) is 6.29 Å². The molecule has 116 valence electrons. The molecule has 0 saturated carbocycles. The predicted octanol–water partition coefficient (Wildman–Crippen LogP) is 2.80.